The fraction of sp³-hybridized carbons (Fsp3) is 0.375. The predicted molar refractivity (Wildman–Crippen MR) is 84.9 cm³/mol. The van der Waals surface area contributed by atoms with Crippen molar-refractivity contribution in [1.82, 2.24) is 9.97 Å². The van der Waals surface area contributed by atoms with Gasteiger partial charge in [0.2, 0.25) is 0 Å². The van der Waals surface area contributed by atoms with Crippen molar-refractivity contribution in [2.45, 2.75) is 34.6 Å². The van der Waals surface area contributed by atoms with Crippen molar-refractivity contribution in [1.29, 1.82) is 0 Å². The molecule has 0 spiro atoms. The third-order valence-electron chi connectivity index (χ3n) is 3.24. The fourth-order valence-electron chi connectivity index (χ4n) is 2.17. The van der Waals surface area contributed by atoms with Crippen LogP contribution in [0.3, 0.4) is 0 Å². The molecular formula is C16H22N4. The van der Waals surface area contributed by atoms with Gasteiger partial charge in [0.15, 0.2) is 0 Å². The van der Waals surface area contributed by atoms with Crippen LogP contribution >= 0.6 is 0 Å². The lowest BCUT2D eigenvalue weighted by molar-refractivity contribution is 1.02. The SMILES string of the molecule is CCNc1nc(C)nc(Nc2ccc(C)cc2C)c1C. The molecular weight excluding hydrogens is 248 g/mol. The summed E-state index contributed by atoms with van der Waals surface area (Å²) in [5.74, 6) is 2.52. The first-order chi connectivity index (χ1) is 9.51. The minimum absolute atomic E-state index is 0.763. The van der Waals surface area contributed by atoms with E-state index in [0.717, 1.165) is 35.3 Å². The van der Waals surface area contributed by atoms with Gasteiger partial charge < -0.3 is 10.6 Å². The van der Waals surface area contributed by atoms with Crippen molar-refractivity contribution < 1.29 is 0 Å². The Hall–Kier alpha value is -2.10. The first-order valence-electron chi connectivity index (χ1n) is 6.94. The van der Waals surface area contributed by atoms with Crippen molar-refractivity contribution in [2.24, 2.45) is 0 Å². The lowest BCUT2D eigenvalue weighted by atomic mass is 10.1. The zero-order valence-corrected chi connectivity index (χ0v) is 12.8. The molecule has 1 heterocycles. The highest BCUT2D eigenvalue weighted by Gasteiger charge is 2.09. The minimum Gasteiger partial charge on any atom is -0.370 e. The molecule has 0 aliphatic rings. The Labute approximate surface area is 120 Å². The van der Waals surface area contributed by atoms with Gasteiger partial charge >= 0.3 is 0 Å². The van der Waals surface area contributed by atoms with E-state index in [-0.39, 0.29) is 0 Å². The molecule has 2 aromatic rings. The summed E-state index contributed by atoms with van der Waals surface area (Å²) in [7, 11) is 0. The lowest BCUT2D eigenvalue weighted by Gasteiger charge is -2.15. The third kappa shape index (κ3) is 3.07. The Morgan fingerprint density at radius 3 is 2.35 bits per heavy atom. The van der Waals surface area contributed by atoms with Crippen LogP contribution in [0.1, 0.15) is 29.4 Å². The molecule has 0 aliphatic heterocycles. The molecule has 0 unspecified atom stereocenters. The molecule has 1 aromatic carbocycles. The molecule has 0 bridgehead atoms. The smallest absolute Gasteiger partial charge is 0.139 e. The number of aryl methyl sites for hydroxylation is 3. The van der Waals surface area contributed by atoms with Gasteiger partial charge in [0.25, 0.3) is 0 Å². The Kier molecular flexibility index (Phi) is 4.23. The number of anilines is 3. The molecule has 0 amide bonds. The molecule has 0 radical (unpaired) electrons. The normalized spacial score (nSPS) is 10.4. The number of hydrogen-bond acceptors (Lipinski definition) is 4. The predicted octanol–water partition coefficient (Wildman–Crippen LogP) is 3.89. The number of nitrogens with zero attached hydrogens (tertiary/aromatic N) is 2. The maximum absolute atomic E-state index is 4.51. The molecule has 0 fully saturated rings. The summed E-state index contributed by atoms with van der Waals surface area (Å²) in [5, 5.41) is 6.69. The van der Waals surface area contributed by atoms with E-state index in [1.54, 1.807) is 0 Å². The van der Waals surface area contributed by atoms with Crippen LogP contribution in [0.4, 0.5) is 17.3 Å². The molecule has 0 saturated carbocycles. The largest absolute Gasteiger partial charge is 0.370 e. The highest BCUT2D eigenvalue weighted by Crippen LogP contribution is 2.25. The van der Waals surface area contributed by atoms with Crippen LogP contribution in [0, 0.1) is 27.7 Å². The topological polar surface area (TPSA) is 49.8 Å². The number of rotatable bonds is 4. The third-order valence-corrected chi connectivity index (χ3v) is 3.24. The molecule has 0 atom stereocenters. The number of benzene rings is 1. The van der Waals surface area contributed by atoms with E-state index >= 15 is 0 Å². The summed E-state index contributed by atoms with van der Waals surface area (Å²) < 4.78 is 0. The molecule has 4 nitrogen and oxygen atoms in total. The van der Waals surface area contributed by atoms with Gasteiger partial charge in [-0.25, -0.2) is 9.97 Å². The number of nitrogens with one attached hydrogen (secondary N) is 2. The Bertz CT molecular complexity index is 620. The van der Waals surface area contributed by atoms with Gasteiger partial charge in [0.05, 0.1) is 0 Å². The molecule has 0 saturated heterocycles. The molecule has 106 valence electrons. The lowest BCUT2D eigenvalue weighted by Crippen LogP contribution is -2.08. The average molecular weight is 270 g/mol. The molecule has 20 heavy (non-hydrogen) atoms. The van der Waals surface area contributed by atoms with Crippen molar-refractivity contribution in [3.8, 4) is 0 Å². The zero-order valence-electron chi connectivity index (χ0n) is 12.8. The first-order valence-corrected chi connectivity index (χ1v) is 6.94. The van der Waals surface area contributed by atoms with Gasteiger partial charge in [-0.15, -0.1) is 0 Å². The Balaban J connectivity index is 2.37. The van der Waals surface area contributed by atoms with E-state index in [1.807, 2.05) is 13.8 Å². The van der Waals surface area contributed by atoms with Gasteiger partial charge in [-0.2, -0.15) is 0 Å². The minimum atomic E-state index is 0.763. The molecule has 4 heteroatoms. The van der Waals surface area contributed by atoms with Crippen LogP contribution in [0.15, 0.2) is 18.2 Å². The van der Waals surface area contributed by atoms with Crippen LogP contribution in [0.2, 0.25) is 0 Å². The standard InChI is InChI=1S/C16H22N4/c1-6-17-15-12(4)16(19-13(5)18-15)20-14-8-7-10(2)9-11(14)3/h7-9H,6H2,1-5H3,(H2,17,18,19,20). The summed E-state index contributed by atoms with van der Waals surface area (Å²) in [6.07, 6.45) is 0. The molecule has 1 aromatic heterocycles. The second kappa shape index (κ2) is 5.90. The van der Waals surface area contributed by atoms with Crippen LogP contribution in [-0.2, 0) is 0 Å². The van der Waals surface area contributed by atoms with Gasteiger partial charge in [-0.05, 0) is 46.2 Å². The second-order valence-corrected chi connectivity index (χ2v) is 5.07. The Morgan fingerprint density at radius 1 is 1.00 bits per heavy atom. The van der Waals surface area contributed by atoms with Crippen LogP contribution in [0.25, 0.3) is 0 Å². The summed E-state index contributed by atoms with van der Waals surface area (Å²) in [6, 6.07) is 6.36. The van der Waals surface area contributed by atoms with E-state index in [1.165, 1.54) is 11.1 Å². The second-order valence-electron chi connectivity index (χ2n) is 5.07. The molecule has 2 N–H and O–H groups in total. The maximum Gasteiger partial charge on any atom is 0.139 e. The summed E-state index contributed by atoms with van der Waals surface area (Å²) in [5.41, 5.74) is 4.60. The first kappa shape index (κ1) is 14.3. The van der Waals surface area contributed by atoms with Gasteiger partial charge in [0.1, 0.15) is 17.5 Å². The van der Waals surface area contributed by atoms with Crippen molar-refractivity contribution in [2.75, 3.05) is 17.2 Å². The van der Waals surface area contributed by atoms with E-state index in [2.05, 4.69) is 59.6 Å². The average Bonchev–Trinajstić information content (AvgIpc) is 2.38. The fourth-order valence-corrected chi connectivity index (χ4v) is 2.17. The number of hydrogen-bond donors (Lipinski definition) is 2. The summed E-state index contributed by atoms with van der Waals surface area (Å²) in [4.78, 5) is 8.95. The van der Waals surface area contributed by atoms with E-state index in [4.69, 9.17) is 0 Å². The highest BCUT2D eigenvalue weighted by molar-refractivity contribution is 5.67. The van der Waals surface area contributed by atoms with Crippen molar-refractivity contribution >= 4 is 17.3 Å². The molecule has 2 rings (SSSR count). The monoisotopic (exact) mass is 270 g/mol. The van der Waals surface area contributed by atoms with Crippen LogP contribution < -0.4 is 10.6 Å². The van der Waals surface area contributed by atoms with Gasteiger partial charge in [0, 0.05) is 17.8 Å². The highest BCUT2D eigenvalue weighted by atomic mass is 15.1. The zero-order chi connectivity index (χ0) is 14.7. The Morgan fingerprint density at radius 2 is 1.70 bits per heavy atom. The van der Waals surface area contributed by atoms with Gasteiger partial charge in [-0.3, -0.25) is 0 Å². The van der Waals surface area contributed by atoms with E-state index in [0.29, 0.717) is 0 Å². The maximum atomic E-state index is 4.51. The van der Waals surface area contributed by atoms with Crippen molar-refractivity contribution in [3.63, 3.8) is 0 Å². The van der Waals surface area contributed by atoms with Gasteiger partial charge in [-0.1, -0.05) is 17.7 Å². The van der Waals surface area contributed by atoms with E-state index in [9.17, 15) is 0 Å². The van der Waals surface area contributed by atoms with Crippen LogP contribution in [0.5, 0.6) is 0 Å². The van der Waals surface area contributed by atoms with Crippen molar-refractivity contribution in [3.05, 3.63) is 40.7 Å². The number of aromatic nitrogens is 2. The van der Waals surface area contributed by atoms with E-state index < -0.39 is 0 Å². The quantitative estimate of drug-likeness (QED) is 0.885. The van der Waals surface area contributed by atoms with Crippen LogP contribution in [-0.4, -0.2) is 16.5 Å². The summed E-state index contributed by atoms with van der Waals surface area (Å²) >= 11 is 0. The molecule has 0 aliphatic carbocycles. The summed E-state index contributed by atoms with van der Waals surface area (Å²) in [6.45, 7) is 11.1.